The molecule has 1 fully saturated rings. The molecule has 0 spiro atoms. The van der Waals surface area contributed by atoms with Gasteiger partial charge in [0, 0.05) is 25.0 Å². The fourth-order valence-corrected chi connectivity index (χ4v) is 2.99. The van der Waals surface area contributed by atoms with E-state index in [-0.39, 0.29) is 17.5 Å². The predicted octanol–water partition coefficient (Wildman–Crippen LogP) is 1.95. The first-order chi connectivity index (χ1) is 10.1. The van der Waals surface area contributed by atoms with E-state index in [1.54, 1.807) is 19.2 Å². The molecular weight excluding hydrogens is 266 g/mol. The number of carbonyl (C=O) groups excluding carboxylic acids is 1. The van der Waals surface area contributed by atoms with Crippen LogP contribution >= 0.6 is 0 Å². The van der Waals surface area contributed by atoms with Crippen LogP contribution in [0.5, 0.6) is 0 Å². The summed E-state index contributed by atoms with van der Waals surface area (Å²) in [4.78, 5) is 26.8. The molecule has 21 heavy (non-hydrogen) atoms. The summed E-state index contributed by atoms with van der Waals surface area (Å²) in [6.07, 6.45) is 3.21. The summed E-state index contributed by atoms with van der Waals surface area (Å²) < 4.78 is 1.25. The van der Waals surface area contributed by atoms with E-state index in [1.165, 1.54) is 4.68 Å². The lowest BCUT2D eigenvalue weighted by Crippen LogP contribution is -2.43. The number of hydrogen-bond acceptors (Lipinski definition) is 3. The Hall–Kier alpha value is -2.17. The Kier molecular flexibility index (Phi) is 3.49. The molecule has 1 amide bonds. The molecule has 1 aromatic heterocycles. The summed E-state index contributed by atoms with van der Waals surface area (Å²) in [5.74, 6) is -0.0750. The van der Waals surface area contributed by atoms with Crippen LogP contribution in [0.4, 0.5) is 0 Å². The Morgan fingerprint density at radius 3 is 2.67 bits per heavy atom. The first-order valence-electron chi connectivity index (χ1n) is 7.36. The van der Waals surface area contributed by atoms with Crippen molar-refractivity contribution in [2.75, 3.05) is 6.54 Å². The van der Waals surface area contributed by atoms with Gasteiger partial charge < -0.3 is 4.90 Å². The molecular formula is C16H19N3O2. The molecule has 1 aromatic carbocycles. The lowest BCUT2D eigenvalue weighted by molar-refractivity contribution is 0.0629. The van der Waals surface area contributed by atoms with Gasteiger partial charge in [0.2, 0.25) is 0 Å². The third-order valence-electron chi connectivity index (χ3n) is 4.22. The predicted molar refractivity (Wildman–Crippen MR) is 81.3 cm³/mol. The third-order valence-corrected chi connectivity index (χ3v) is 4.22. The minimum Gasteiger partial charge on any atom is -0.335 e. The summed E-state index contributed by atoms with van der Waals surface area (Å²) in [5, 5.41) is 5.41. The molecule has 1 atom stereocenters. The van der Waals surface area contributed by atoms with E-state index in [4.69, 9.17) is 0 Å². The molecule has 2 heterocycles. The molecule has 0 saturated carbocycles. The second-order valence-corrected chi connectivity index (χ2v) is 5.67. The van der Waals surface area contributed by atoms with Crippen LogP contribution in [0.15, 0.2) is 29.1 Å². The van der Waals surface area contributed by atoms with E-state index in [9.17, 15) is 9.59 Å². The molecule has 3 rings (SSSR count). The van der Waals surface area contributed by atoms with Crippen LogP contribution in [-0.2, 0) is 7.05 Å². The zero-order chi connectivity index (χ0) is 15.0. The molecule has 1 aliphatic rings. The van der Waals surface area contributed by atoms with Gasteiger partial charge in [-0.15, -0.1) is 0 Å². The van der Waals surface area contributed by atoms with Crippen molar-refractivity contribution in [1.82, 2.24) is 14.7 Å². The van der Waals surface area contributed by atoms with Crippen molar-refractivity contribution in [3.8, 4) is 0 Å². The number of benzene rings is 1. The van der Waals surface area contributed by atoms with E-state index in [2.05, 4.69) is 12.0 Å². The SMILES string of the molecule is C[C@H]1CCCCN1C(=O)c1nn(C)c(=O)c2ccccc12. The monoisotopic (exact) mass is 285 g/mol. The van der Waals surface area contributed by atoms with Gasteiger partial charge in [-0.1, -0.05) is 18.2 Å². The number of aryl methyl sites for hydroxylation is 1. The lowest BCUT2D eigenvalue weighted by atomic mass is 10.0. The molecule has 0 unspecified atom stereocenters. The van der Waals surface area contributed by atoms with Crippen molar-refractivity contribution in [3.05, 3.63) is 40.3 Å². The van der Waals surface area contributed by atoms with Gasteiger partial charge in [-0.05, 0) is 32.3 Å². The average molecular weight is 285 g/mol. The molecule has 0 N–H and O–H groups in total. The quantitative estimate of drug-likeness (QED) is 0.804. The van der Waals surface area contributed by atoms with Gasteiger partial charge >= 0.3 is 0 Å². The highest BCUT2D eigenvalue weighted by Crippen LogP contribution is 2.21. The third kappa shape index (κ3) is 2.33. The van der Waals surface area contributed by atoms with E-state index >= 15 is 0 Å². The molecule has 110 valence electrons. The fraction of sp³-hybridized carbons (Fsp3) is 0.438. The average Bonchev–Trinajstić information content (AvgIpc) is 2.51. The van der Waals surface area contributed by atoms with Gasteiger partial charge in [0.15, 0.2) is 5.69 Å². The number of carbonyl (C=O) groups is 1. The fourth-order valence-electron chi connectivity index (χ4n) is 2.99. The number of piperidine rings is 1. The number of aromatic nitrogens is 2. The summed E-state index contributed by atoms with van der Waals surface area (Å²) in [7, 11) is 1.59. The Morgan fingerprint density at radius 1 is 1.24 bits per heavy atom. The Morgan fingerprint density at radius 2 is 1.95 bits per heavy atom. The molecule has 1 saturated heterocycles. The Bertz CT molecular complexity index is 751. The Balaban J connectivity index is 2.14. The zero-order valence-corrected chi connectivity index (χ0v) is 12.4. The van der Waals surface area contributed by atoms with E-state index < -0.39 is 0 Å². The Labute approximate surface area is 123 Å². The van der Waals surface area contributed by atoms with Crippen LogP contribution in [0, 0.1) is 0 Å². The number of fused-ring (bicyclic) bond motifs is 1. The smallest absolute Gasteiger partial charge is 0.275 e. The normalized spacial score (nSPS) is 19.0. The van der Waals surface area contributed by atoms with E-state index in [0.29, 0.717) is 16.5 Å². The second-order valence-electron chi connectivity index (χ2n) is 5.67. The molecule has 0 aliphatic carbocycles. The first kappa shape index (κ1) is 13.8. The molecule has 5 nitrogen and oxygen atoms in total. The second kappa shape index (κ2) is 5.31. The minimum atomic E-state index is -0.172. The van der Waals surface area contributed by atoms with Crippen molar-refractivity contribution in [1.29, 1.82) is 0 Å². The molecule has 5 heteroatoms. The zero-order valence-electron chi connectivity index (χ0n) is 12.4. The van der Waals surface area contributed by atoms with Gasteiger partial charge in [0.1, 0.15) is 0 Å². The largest absolute Gasteiger partial charge is 0.335 e. The van der Waals surface area contributed by atoms with Gasteiger partial charge in [-0.2, -0.15) is 5.10 Å². The topological polar surface area (TPSA) is 55.2 Å². The van der Waals surface area contributed by atoms with Crippen LogP contribution in [0.1, 0.15) is 36.7 Å². The molecule has 0 radical (unpaired) electrons. The van der Waals surface area contributed by atoms with Crippen LogP contribution in [0.2, 0.25) is 0 Å². The number of nitrogens with zero attached hydrogens (tertiary/aromatic N) is 3. The van der Waals surface area contributed by atoms with Crippen molar-refractivity contribution in [3.63, 3.8) is 0 Å². The van der Waals surface area contributed by atoms with Crippen molar-refractivity contribution in [2.24, 2.45) is 7.05 Å². The lowest BCUT2D eigenvalue weighted by Gasteiger charge is -2.33. The van der Waals surface area contributed by atoms with Crippen molar-refractivity contribution < 1.29 is 4.79 Å². The van der Waals surface area contributed by atoms with Crippen LogP contribution in [0.3, 0.4) is 0 Å². The van der Waals surface area contributed by atoms with Crippen molar-refractivity contribution in [2.45, 2.75) is 32.2 Å². The highest BCUT2D eigenvalue weighted by molar-refractivity contribution is 6.04. The van der Waals surface area contributed by atoms with E-state index in [0.717, 1.165) is 25.8 Å². The van der Waals surface area contributed by atoms with Crippen LogP contribution < -0.4 is 5.56 Å². The maximum atomic E-state index is 12.8. The van der Waals surface area contributed by atoms with Gasteiger partial charge in [-0.25, -0.2) is 4.68 Å². The standard InChI is InChI=1S/C16H19N3O2/c1-11-7-5-6-10-19(11)16(21)14-12-8-3-4-9-13(12)15(20)18(2)17-14/h3-4,8-9,11H,5-7,10H2,1-2H3/t11-/m0/s1. The van der Waals surface area contributed by atoms with Gasteiger partial charge in [-0.3, -0.25) is 9.59 Å². The van der Waals surface area contributed by atoms with E-state index in [1.807, 2.05) is 17.0 Å². The maximum Gasteiger partial charge on any atom is 0.275 e. The molecule has 0 bridgehead atoms. The number of likely N-dealkylation sites (tertiary alicyclic amines) is 1. The summed E-state index contributed by atoms with van der Waals surface area (Å²) in [6, 6.07) is 7.41. The highest BCUT2D eigenvalue weighted by atomic mass is 16.2. The number of hydrogen-bond donors (Lipinski definition) is 0. The molecule has 1 aliphatic heterocycles. The molecule has 2 aromatic rings. The summed E-state index contributed by atoms with van der Waals surface area (Å²) in [5.41, 5.74) is 0.204. The van der Waals surface area contributed by atoms with Crippen LogP contribution in [-0.4, -0.2) is 33.2 Å². The maximum absolute atomic E-state index is 12.8. The van der Waals surface area contributed by atoms with Crippen LogP contribution in [0.25, 0.3) is 10.8 Å². The summed E-state index contributed by atoms with van der Waals surface area (Å²) in [6.45, 7) is 2.83. The van der Waals surface area contributed by atoms with Crippen molar-refractivity contribution >= 4 is 16.7 Å². The van der Waals surface area contributed by atoms with Gasteiger partial charge in [0.25, 0.3) is 11.5 Å². The van der Waals surface area contributed by atoms with Gasteiger partial charge in [0.05, 0.1) is 5.39 Å². The number of rotatable bonds is 1. The summed E-state index contributed by atoms with van der Waals surface area (Å²) >= 11 is 0. The minimum absolute atomic E-state index is 0.0750. The first-order valence-corrected chi connectivity index (χ1v) is 7.36. The number of amides is 1. The highest BCUT2D eigenvalue weighted by Gasteiger charge is 2.27.